The van der Waals surface area contributed by atoms with Crippen molar-refractivity contribution >= 4 is 22.7 Å². The molecule has 0 aliphatic carbocycles. The van der Waals surface area contributed by atoms with Gasteiger partial charge < -0.3 is 9.80 Å². The van der Waals surface area contributed by atoms with Crippen molar-refractivity contribution < 1.29 is 0 Å². The van der Waals surface area contributed by atoms with Crippen LogP contribution in [-0.2, 0) is 5.41 Å². The van der Waals surface area contributed by atoms with Crippen molar-refractivity contribution in [1.82, 2.24) is 0 Å². The van der Waals surface area contributed by atoms with Crippen LogP contribution in [0.2, 0.25) is 0 Å². The van der Waals surface area contributed by atoms with E-state index in [4.69, 9.17) is 0 Å². The molecule has 0 amide bonds. The highest BCUT2D eigenvalue weighted by molar-refractivity contribution is 5.90. The topological polar surface area (TPSA) is 6.48 Å². The highest BCUT2D eigenvalue weighted by atomic mass is 15.4. The Balaban J connectivity index is 0.000000994. The van der Waals surface area contributed by atoms with E-state index in [1.165, 1.54) is 28.3 Å². The molecule has 2 nitrogen and oxygen atoms in total. The first kappa shape index (κ1) is 19.6. The number of benzene rings is 3. The molecule has 0 saturated carbocycles. The van der Waals surface area contributed by atoms with Crippen LogP contribution in [0, 0.1) is 5.92 Å². The molecule has 2 aliphatic heterocycles. The van der Waals surface area contributed by atoms with E-state index < -0.39 is 0 Å². The fourth-order valence-corrected chi connectivity index (χ4v) is 5.13. The van der Waals surface area contributed by atoms with Crippen molar-refractivity contribution in [3.8, 4) is 0 Å². The zero-order chi connectivity index (χ0) is 20.6. The van der Waals surface area contributed by atoms with E-state index in [1.54, 1.807) is 0 Å². The van der Waals surface area contributed by atoms with Crippen LogP contribution >= 0.6 is 0 Å². The third-order valence-corrected chi connectivity index (χ3v) is 6.93. The molecule has 0 spiro atoms. The molecule has 0 fully saturated rings. The van der Waals surface area contributed by atoms with E-state index in [0.717, 1.165) is 6.42 Å². The molecule has 0 radical (unpaired) electrons. The van der Waals surface area contributed by atoms with E-state index in [1.807, 2.05) is 13.8 Å². The molecule has 3 atom stereocenters. The highest BCUT2D eigenvalue weighted by Crippen LogP contribution is 2.58. The average Bonchev–Trinajstić information content (AvgIpc) is 3.15. The number of anilines is 4. The van der Waals surface area contributed by atoms with Gasteiger partial charge >= 0.3 is 0 Å². The number of hydrogen-bond donors (Lipinski definition) is 0. The van der Waals surface area contributed by atoms with Crippen LogP contribution in [0.5, 0.6) is 0 Å². The molecule has 2 heteroatoms. The van der Waals surface area contributed by atoms with Gasteiger partial charge in [0.05, 0.1) is 11.4 Å². The van der Waals surface area contributed by atoms with Gasteiger partial charge in [0.15, 0.2) is 0 Å². The van der Waals surface area contributed by atoms with Crippen LogP contribution in [-0.4, -0.2) is 6.17 Å². The molecule has 3 aromatic carbocycles. The minimum atomic E-state index is 0.146. The largest absolute Gasteiger partial charge is 0.318 e. The standard InChI is InChI=1S/C25H26N2.C2H6/c1-4-25(3)18(2)24-26(19-12-6-5-7-13-19)22-16-10-11-17-23(22)27(24)21-15-9-8-14-20(21)25;1-2/h5-18,24H,4H2,1-3H3;1-2H3. The first-order valence-corrected chi connectivity index (χ1v) is 11.0. The van der Waals surface area contributed by atoms with Crippen LogP contribution in [0.15, 0.2) is 78.9 Å². The Hall–Kier alpha value is -2.74. The Morgan fingerprint density at radius 3 is 1.86 bits per heavy atom. The van der Waals surface area contributed by atoms with Crippen LogP contribution < -0.4 is 9.80 Å². The predicted molar refractivity (Wildman–Crippen MR) is 126 cm³/mol. The maximum absolute atomic E-state index is 2.57. The van der Waals surface area contributed by atoms with Crippen molar-refractivity contribution in [1.29, 1.82) is 0 Å². The van der Waals surface area contributed by atoms with Crippen molar-refractivity contribution in [2.24, 2.45) is 5.92 Å². The fraction of sp³-hybridized carbons (Fsp3) is 0.333. The molecule has 5 rings (SSSR count). The van der Waals surface area contributed by atoms with Gasteiger partial charge in [-0.15, -0.1) is 0 Å². The Kier molecular flexibility index (Phi) is 5.12. The lowest BCUT2D eigenvalue weighted by atomic mass is 9.66. The summed E-state index contributed by atoms with van der Waals surface area (Å²) in [5.74, 6) is 0.477. The predicted octanol–water partition coefficient (Wildman–Crippen LogP) is 7.65. The smallest absolute Gasteiger partial charge is 0.114 e. The van der Waals surface area contributed by atoms with E-state index >= 15 is 0 Å². The minimum Gasteiger partial charge on any atom is -0.318 e. The Morgan fingerprint density at radius 1 is 0.724 bits per heavy atom. The summed E-state index contributed by atoms with van der Waals surface area (Å²) in [4.78, 5) is 5.11. The van der Waals surface area contributed by atoms with Crippen LogP contribution in [0.25, 0.3) is 0 Å². The van der Waals surface area contributed by atoms with Crippen molar-refractivity contribution in [3.05, 3.63) is 84.4 Å². The summed E-state index contributed by atoms with van der Waals surface area (Å²) >= 11 is 0. The molecule has 3 unspecified atom stereocenters. The first-order chi connectivity index (χ1) is 14.2. The van der Waals surface area contributed by atoms with Crippen molar-refractivity contribution in [2.75, 3.05) is 9.80 Å². The Morgan fingerprint density at radius 2 is 1.24 bits per heavy atom. The molecule has 150 valence electrons. The molecule has 0 aromatic heterocycles. The SMILES string of the molecule is CC.CCC1(C)c2ccccc2N2c3ccccc3N(c3ccccc3)C2C1C. The molecule has 0 bridgehead atoms. The monoisotopic (exact) mass is 384 g/mol. The minimum absolute atomic E-state index is 0.146. The van der Waals surface area contributed by atoms with Crippen LogP contribution in [0.4, 0.5) is 22.7 Å². The molecule has 0 saturated heterocycles. The highest BCUT2D eigenvalue weighted by Gasteiger charge is 2.51. The maximum Gasteiger partial charge on any atom is 0.114 e. The van der Waals surface area contributed by atoms with E-state index in [9.17, 15) is 0 Å². The van der Waals surface area contributed by atoms with E-state index in [0.29, 0.717) is 5.92 Å². The fourth-order valence-electron chi connectivity index (χ4n) is 5.13. The third kappa shape index (κ3) is 2.77. The van der Waals surface area contributed by atoms with E-state index in [2.05, 4.69) is 109 Å². The zero-order valence-corrected chi connectivity index (χ0v) is 18.3. The third-order valence-electron chi connectivity index (χ3n) is 6.93. The van der Waals surface area contributed by atoms with Gasteiger partial charge in [-0.1, -0.05) is 83.1 Å². The summed E-state index contributed by atoms with van der Waals surface area (Å²) in [6.07, 6.45) is 1.42. The van der Waals surface area contributed by atoms with Gasteiger partial charge in [0.2, 0.25) is 0 Å². The van der Waals surface area contributed by atoms with Gasteiger partial charge in [0.1, 0.15) is 6.17 Å². The molecular formula is C27H32N2. The lowest BCUT2D eigenvalue weighted by Crippen LogP contribution is -2.54. The normalized spacial score (nSPS) is 24.2. The van der Waals surface area contributed by atoms with Crippen molar-refractivity contribution in [2.45, 2.75) is 52.6 Å². The summed E-state index contributed by atoms with van der Waals surface area (Å²) in [6, 6.07) is 28.7. The number of para-hydroxylation sites is 4. The number of fused-ring (bicyclic) bond motifs is 5. The molecule has 29 heavy (non-hydrogen) atoms. The van der Waals surface area contributed by atoms with Crippen LogP contribution in [0.3, 0.4) is 0 Å². The average molecular weight is 385 g/mol. The van der Waals surface area contributed by atoms with Crippen molar-refractivity contribution in [3.63, 3.8) is 0 Å². The van der Waals surface area contributed by atoms with Gasteiger partial charge in [-0.3, -0.25) is 0 Å². The quantitative estimate of drug-likeness (QED) is 0.448. The second-order valence-corrected chi connectivity index (χ2v) is 8.05. The van der Waals surface area contributed by atoms with Gasteiger partial charge in [0, 0.05) is 22.7 Å². The number of nitrogens with zero attached hydrogens (tertiary/aromatic N) is 2. The summed E-state index contributed by atoms with van der Waals surface area (Å²) in [5, 5.41) is 0. The van der Waals surface area contributed by atoms with Crippen LogP contribution in [0.1, 0.15) is 46.6 Å². The lowest BCUT2D eigenvalue weighted by molar-refractivity contribution is 0.249. The lowest BCUT2D eigenvalue weighted by Gasteiger charge is -2.51. The summed E-state index contributed by atoms with van der Waals surface area (Å²) < 4.78 is 0. The summed E-state index contributed by atoms with van der Waals surface area (Å²) in [7, 11) is 0. The second kappa shape index (κ2) is 7.59. The van der Waals surface area contributed by atoms with Gasteiger partial charge in [-0.05, 0) is 42.3 Å². The maximum atomic E-state index is 2.57. The van der Waals surface area contributed by atoms with Gasteiger partial charge in [-0.25, -0.2) is 0 Å². The zero-order valence-electron chi connectivity index (χ0n) is 18.3. The van der Waals surface area contributed by atoms with E-state index in [-0.39, 0.29) is 11.6 Å². The molecular weight excluding hydrogens is 352 g/mol. The molecule has 3 aromatic rings. The molecule has 0 N–H and O–H groups in total. The summed E-state index contributed by atoms with van der Waals surface area (Å²) in [5.41, 5.74) is 6.85. The van der Waals surface area contributed by atoms with Gasteiger partial charge in [0.25, 0.3) is 0 Å². The summed E-state index contributed by atoms with van der Waals surface area (Å²) in [6.45, 7) is 11.2. The number of rotatable bonds is 2. The first-order valence-electron chi connectivity index (χ1n) is 11.0. The molecule has 2 heterocycles. The Bertz CT molecular complexity index is 981. The second-order valence-electron chi connectivity index (χ2n) is 8.05. The Labute approximate surface area is 175 Å². The number of hydrogen-bond acceptors (Lipinski definition) is 2. The van der Waals surface area contributed by atoms with Gasteiger partial charge in [-0.2, -0.15) is 0 Å². The molecule has 2 aliphatic rings.